The maximum absolute atomic E-state index is 13.8. The van der Waals surface area contributed by atoms with Gasteiger partial charge in [0.1, 0.15) is 0 Å². The highest BCUT2D eigenvalue weighted by molar-refractivity contribution is 6.00. The van der Waals surface area contributed by atoms with Crippen molar-refractivity contribution in [1.82, 2.24) is 15.3 Å². The van der Waals surface area contributed by atoms with Crippen LogP contribution < -0.4 is 16.0 Å². The van der Waals surface area contributed by atoms with Crippen LogP contribution in [0.25, 0.3) is 0 Å². The number of carbonyl (C=O) groups is 1. The highest BCUT2D eigenvalue weighted by Gasteiger charge is 2.14. The van der Waals surface area contributed by atoms with Gasteiger partial charge in [-0.2, -0.15) is 4.98 Å². The Morgan fingerprint density at radius 3 is 2.68 bits per heavy atom. The Morgan fingerprint density at radius 1 is 1.27 bits per heavy atom. The van der Waals surface area contributed by atoms with Gasteiger partial charge in [0.05, 0.1) is 17.4 Å². The molecule has 0 saturated heterocycles. The minimum atomic E-state index is -0.599. The van der Waals surface area contributed by atoms with Crippen molar-refractivity contribution >= 4 is 23.4 Å². The third-order valence-corrected chi connectivity index (χ3v) is 2.81. The van der Waals surface area contributed by atoms with E-state index in [-0.39, 0.29) is 23.7 Å². The molecule has 0 fully saturated rings. The topological polar surface area (TPSA) is 78.9 Å². The number of carbonyl (C=O) groups excluding carboxylic acids is 1. The SMILES string of the molecule is CNc1ncc(F)c(Nc2ccccc2C(=O)NC(C)C)n1. The molecular formula is C15H18FN5O. The summed E-state index contributed by atoms with van der Waals surface area (Å²) in [6, 6.07) is 6.86. The summed E-state index contributed by atoms with van der Waals surface area (Å²) in [5.74, 6) is -0.545. The Labute approximate surface area is 128 Å². The molecule has 3 N–H and O–H groups in total. The van der Waals surface area contributed by atoms with Crippen molar-refractivity contribution in [2.45, 2.75) is 19.9 Å². The fraction of sp³-hybridized carbons (Fsp3) is 0.267. The quantitative estimate of drug-likeness (QED) is 0.791. The van der Waals surface area contributed by atoms with E-state index in [1.54, 1.807) is 31.3 Å². The van der Waals surface area contributed by atoms with E-state index in [0.29, 0.717) is 11.3 Å². The van der Waals surface area contributed by atoms with E-state index in [1.807, 2.05) is 13.8 Å². The summed E-state index contributed by atoms with van der Waals surface area (Å²) in [5, 5.41) is 8.38. The summed E-state index contributed by atoms with van der Waals surface area (Å²) in [4.78, 5) is 20.0. The first kappa shape index (κ1) is 15.7. The number of benzene rings is 1. The van der Waals surface area contributed by atoms with Gasteiger partial charge in [0.25, 0.3) is 5.91 Å². The van der Waals surface area contributed by atoms with Crippen molar-refractivity contribution in [3.05, 3.63) is 41.8 Å². The molecule has 2 aromatic rings. The van der Waals surface area contributed by atoms with Crippen LogP contribution >= 0.6 is 0 Å². The average molecular weight is 303 g/mol. The van der Waals surface area contributed by atoms with Crippen LogP contribution in [0.1, 0.15) is 24.2 Å². The standard InChI is InChI=1S/C15H18FN5O/c1-9(2)19-14(22)10-6-4-5-7-12(10)20-13-11(16)8-18-15(17-3)21-13/h4-9H,1-3H3,(H,19,22)(H2,17,18,20,21). The molecule has 0 bridgehead atoms. The molecule has 116 valence electrons. The zero-order valence-electron chi connectivity index (χ0n) is 12.6. The van der Waals surface area contributed by atoms with Gasteiger partial charge in [-0.1, -0.05) is 12.1 Å². The summed E-state index contributed by atoms with van der Waals surface area (Å²) in [6.07, 6.45) is 1.07. The molecule has 0 spiro atoms. The van der Waals surface area contributed by atoms with Gasteiger partial charge in [-0.15, -0.1) is 0 Å². The van der Waals surface area contributed by atoms with E-state index in [0.717, 1.165) is 6.20 Å². The van der Waals surface area contributed by atoms with Gasteiger partial charge in [-0.3, -0.25) is 4.79 Å². The van der Waals surface area contributed by atoms with E-state index in [4.69, 9.17) is 0 Å². The fourth-order valence-corrected chi connectivity index (χ4v) is 1.83. The van der Waals surface area contributed by atoms with Crippen LogP contribution in [0.4, 0.5) is 21.8 Å². The van der Waals surface area contributed by atoms with Crippen molar-refractivity contribution in [1.29, 1.82) is 0 Å². The predicted molar refractivity (Wildman–Crippen MR) is 83.9 cm³/mol. The van der Waals surface area contributed by atoms with Gasteiger partial charge >= 0.3 is 0 Å². The van der Waals surface area contributed by atoms with E-state index < -0.39 is 5.82 Å². The van der Waals surface area contributed by atoms with Crippen LogP contribution in [-0.4, -0.2) is 29.0 Å². The molecule has 0 aliphatic rings. The second-order valence-electron chi connectivity index (χ2n) is 4.94. The summed E-state index contributed by atoms with van der Waals surface area (Å²) >= 11 is 0. The zero-order valence-corrected chi connectivity index (χ0v) is 12.6. The van der Waals surface area contributed by atoms with Crippen LogP contribution in [0.2, 0.25) is 0 Å². The highest BCUT2D eigenvalue weighted by atomic mass is 19.1. The van der Waals surface area contributed by atoms with Crippen LogP contribution in [0.15, 0.2) is 30.5 Å². The number of halogens is 1. The average Bonchev–Trinajstić information content (AvgIpc) is 2.49. The Morgan fingerprint density at radius 2 is 2.00 bits per heavy atom. The number of anilines is 3. The molecule has 0 unspecified atom stereocenters. The Balaban J connectivity index is 2.32. The number of hydrogen-bond acceptors (Lipinski definition) is 5. The van der Waals surface area contributed by atoms with Crippen molar-refractivity contribution < 1.29 is 9.18 Å². The molecule has 0 aliphatic heterocycles. The molecule has 1 aromatic heterocycles. The fourth-order valence-electron chi connectivity index (χ4n) is 1.83. The Kier molecular flexibility index (Phi) is 4.88. The molecule has 22 heavy (non-hydrogen) atoms. The van der Waals surface area contributed by atoms with Crippen LogP contribution in [0.3, 0.4) is 0 Å². The van der Waals surface area contributed by atoms with Crippen molar-refractivity contribution in [3.8, 4) is 0 Å². The second kappa shape index (κ2) is 6.84. The minimum absolute atomic E-state index is 0.00384. The molecule has 0 saturated carbocycles. The van der Waals surface area contributed by atoms with E-state index in [2.05, 4.69) is 25.9 Å². The molecule has 6 nitrogen and oxygen atoms in total. The van der Waals surface area contributed by atoms with Crippen molar-refractivity contribution in [2.24, 2.45) is 0 Å². The third kappa shape index (κ3) is 3.69. The van der Waals surface area contributed by atoms with Gasteiger partial charge < -0.3 is 16.0 Å². The molecule has 1 amide bonds. The summed E-state index contributed by atoms with van der Waals surface area (Å²) in [6.45, 7) is 3.74. The predicted octanol–water partition coefficient (Wildman–Crippen LogP) is 2.54. The smallest absolute Gasteiger partial charge is 0.253 e. The van der Waals surface area contributed by atoms with Gasteiger partial charge in [0.2, 0.25) is 5.95 Å². The molecule has 0 atom stereocenters. The zero-order chi connectivity index (χ0) is 16.1. The number of nitrogens with one attached hydrogen (secondary N) is 3. The van der Waals surface area contributed by atoms with Crippen LogP contribution in [0, 0.1) is 5.82 Å². The maximum atomic E-state index is 13.8. The number of rotatable bonds is 5. The summed E-state index contributed by atoms with van der Waals surface area (Å²) < 4.78 is 13.8. The third-order valence-electron chi connectivity index (χ3n) is 2.81. The van der Waals surface area contributed by atoms with Gasteiger partial charge in [0, 0.05) is 13.1 Å². The first-order valence-electron chi connectivity index (χ1n) is 6.88. The molecule has 0 aliphatic carbocycles. The highest BCUT2D eigenvalue weighted by Crippen LogP contribution is 2.22. The number of hydrogen-bond donors (Lipinski definition) is 3. The number of nitrogens with zero attached hydrogens (tertiary/aromatic N) is 2. The van der Waals surface area contributed by atoms with E-state index in [9.17, 15) is 9.18 Å². The summed E-state index contributed by atoms with van der Waals surface area (Å²) in [7, 11) is 1.64. The van der Waals surface area contributed by atoms with Gasteiger partial charge in [-0.25, -0.2) is 9.37 Å². The first-order chi connectivity index (χ1) is 10.5. The largest absolute Gasteiger partial charge is 0.357 e. The maximum Gasteiger partial charge on any atom is 0.253 e. The molecule has 1 heterocycles. The Hall–Kier alpha value is -2.70. The summed E-state index contributed by atoms with van der Waals surface area (Å²) in [5.41, 5.74) is 0.889. The van der Waals surface area contributed by atoms with E-state index >= 15 is 0 Å². The monoisotopic (exact) mass is 303 g/mol. The lowest BCUT2D eigenvalue weighted by atomic mass is 10.1. The second-order valence-corrected chi connectivity index (χ2v) is 4.94. The molecular weight excluding hydrogens is 285 g/mol. The van der Waals surface area contributed by atoms with Crippen LogP contribution in [0.5, 0.6) is 0 Å². The lowest BCUT2D eigenvalue weighted by Gasteiger charge is -2.14. The number of para-hydroxylation sites is 1. The molecule has 1 aromatic carbocycles. The number of aromatic nitrogens is 2. The number of amides is 1. The van der Waals surface area contributed by atoms with Crippen molar-refractivity contribution in [3.63, 3.8) is 0 Å². The van der Waals surface area contributed by atoms with Crippen molar-refractivity contribution in [2.75, 3.05) is 17.7 Å². The Bertz CT molecular complexity index is 675. The normalized spacial score (nSPS) is 10.4. The minimum Gasteiger partial charge on any atom is -0.357 e. The van der Waals surface area contributed by atoms with E-state index in [1.165, 1.54) is 0 Å². The van der Waals surface area contributed by atoms with Gasteiger partial charge in [0.15, 0.2) is 11.6 Å². The lowest BCUT2D eigenvalue weighted by Crippen LogP contribution is -2.30. The van der Waals surface area contributed by atoms with Crippen LogP contribution in [-0.2, 0) is 0 Å². The molecule has 2 rings (SSSR count). The first-order valence-corrected chi connectivity index (χ1v) is 6.88. The lowest BCUT2D eigenvalue weighted by molar-refractivity contribution is 0.0944. The molecule has 7 heteroatoms. The molecule has 0 radical (unpaired) electrons. The van der Waals surface area contributed by atoms with Gasteiger partial charge in [-0.05, 0) is 26.0 Å².